The second-order valence-electron chi connectivity index (χ2n) is 6.72. The first-order chi connectivity index (χ1) is 8.82. The summed E-state index contributed by atoms with van der Waals surface area (Å²) < 4.78 is 0. The molecule has 1 aliphatic rings. The molecule has 0 radical (unpaired) electrons. The highest BCUT2D eigenvalue weighted by Crippen LogP contribution is 2.21. The maximum atomic E-state index is 12.5. The SMILES string of the molecule is CC(C)CC1NC(C(C)C)C(=O)N1CCCN(C)C. The Hall–Kier alpha value is -0.610. The summed E-state index contributed by atoms with van der Waals surface area (Å²) in [6.07, 6.45) is 2.30. The first kappa shape index (κ1) is 16.4. The van der Waals surface area contributed by atoms with E-state index in [1.807, 2.05) is 0 Å². The molecule has 0 aromatic heterocycles. The fourth-order valence-electron chi connectivity index (χ4n) is 2.64. The third kappa shape index (κ3) is 4.77. The Labute approximate surface area is 118 Å². The Balaban J connectivity index is 2.63. The molecule has 1 rings (SSSR count). The fourth-order valence-corrected chi connectivity index (χ4v) is 2.64. The highest BCUT2D eigenvalue weighted by molar-refractivity contribution is 5.84. The number of rotatable bonds is 7. The van der Waals surface area contributed by atoms with Crippen molar-refractivity contribution in [3.63, 3.8) is 0 Å². The Morgan fingerprint density at radius 2 is 1.89 bits per heavy atom. The standard InChI is InChI=1S/C15H31N3O/c1-11(2)10-13-16-14(12(3)4)15(19)18(13)9-7-8-17(5)6/h11-14,16H,7-10H2,1-6H3. The molecule has 2 atom stereocenters. The highest BCUT2D eigenvalue weighted by Gasteiger charge is 2.39. The van der Waals surface area contributed by atoms with Crippen molar-refractivity contribution >= 4 is 5.91 Å². The molecule has 0 aromatic carbocycles. The summed E-state index contributed by atoms with van der Waals surface area (Å²) in [4.78, 5) is 16.7. The molecule has 1 heterocycles. The molecule has 0 saturated carbocycles. The second-order valence-corrected chi connectivity index (χ2v) is 6.72. The number of amides is 1. The monoisotopic (exact) mass is 269 g/mol. The van der Waals surface area contributed by atoms with Crippen LogP contribution in [0.1, 0.15) is 40.5 Å². The van der Waals surface area contributed by atoms with Gasteiger partial charge in [-0.3, -0.25) is 10.1 Å². The van der Waals surface area contributed by atoms with E-state index in [1.54, 1.807) is 0 Å². The topological polar surface area (TPSA) is 35.6 Å². The minimum atomic E-state index is 0.00288. The summed E-state index contributed by atoms with van der Waals surface area (Å²) in [7, 11) is 4.15. The Morgan fingerprint density at radius 3 is 2.37 bits per heavy atom. The molecule has 112 valence electrons. The lowest BCUT2D eigenvalue weighted by Crippen LogP contribution is -2.39. The summed E-state index contributed by atoms with van der Waals surface area (Å²) in [5.41, 5.74) is 0. The fraction of sp³-hybridized carbons (Fsp3) is 0.933. The molecule has 0 aromatic rings. The van der Waals surface area contributed by atoms with E-state index in [0.29, 0.717) is 17.7 Å². The van der Waals surface area contributed by atoms with E-state index in [2.05, 4.69) is 56.9 Å². The van der Waals surface area contributed by atoms with Crippen LogP contribution in [0.25, 0.3) is 0 Å². The van der Waals surface area contributed by atoms with Crippen LogP contribution in [-0.2, 0) is 4.79 Å². The number of hydrogen-bond donors (Lipinski definition) is 1. The van der Waals surface area contributed by atoms with Gasteiger partial charge in [0.25, 0.3) is 0 Å². The second kappa shape index (κ2) is 7.25. The number of hydrogen-bond acceptors (Lipinski definition) is 3. The third-order valence-corrected chi connectivity index (χ3v) is 3.66. The first-order valence-electron chi connectivity index (χ1n) is 7.54. The predicted octanol–water partition coefficient (Wildman–Crippen LogP) is 1.77. The van der Waals surface area contributed by atoms with Crippen LogP contribution >= 0.6 is 0 Å². The average molecular weight is 269 g/mol. The van der Waals surface area contributed by atoms with Crippen LogP contribution in [0.15, 0.2) is 0 Å². The van der Waals surface area contributed by atoms with Crippen molar-refractivity contribution in [3.05, 3.63) is 0 Å². The van der Waals surface area contributed by atoms with Crippen LogP contribution in [0.5, 0.6) is 0 Å². The smallest absolute Gasteiger partial charge is 0.241 e. The number of nitrogens with one attached hydrogen (secondary N) is 1. The lowest BCUT2D eigenvalue weighted by Gasteiger charge is -2.26. The molecular weight excluding hydrogens is 238 g/mol. The van der Waals surface area contributed by atoms with Crippen molar-refractivity contribution in [1.82, 2.24) is 15.1 Å². The van der Waals surface area contributed by atoms with E-state index >= 15 is 0 Å². The van der Waals surface area contributed by atoms with Crippen LogP contribution in [0, 0.1) is 11.8 Å². The summed E-state index contributed by atoms with van der Waals surface area (Å²) in [5, 5.41) is 3.52. The molecule has 0 aliphatic carbocycles. The normalized spacial score (nSPS) is 24.3. The van der Waals surface area contributed by atoms with Crippen LogP contribution in [-0.4, -0.2) is 55.1 Å². The van der Waals surface area contributed by atoms with Gasteiger partial charge in [0.2, 0.25) is 5.91 Å². The van der Waals surface area contributed by atoms with E-state index in [0.717, 1.165) is 25.9 Å². The molecule has 1 aliphatic heterocycles. The van der Waals surface area contributed by atoms with E-state index in [1.165, 1.54) is 0 Å². The van der Waals surface area contributed by atoms with Gasteiger partial charge in [-0.05, 0) is 45.3 Å². The van der Waals surface area contributed by atoms with Crippen molar-refractivity contribution < 1.29 is 4.79 Å². The summed E-state index contributed by atoms with van der Waals surface area (Å²) in [6.45, 7) is 10.6. The Kier molecular flexibility index (Phi) is 6.27. The first-order valence-corrected chi connectivity index (χ1v) is 7.54. The Bertz CT molecular complexity index is 289. The van der Waals surface area contributed by atoms with Crippen molar-refractivity contribution in [2.75, 3.05) is 27.2 Å². The van der Waals surface area contributed by atoms with Crippen molar-refractivity contribution in [2.24, 2.45) is 11.8 Å². The molecule has 19 heavy (non-hydrogen) atoms. The molecular formula is C15H31N3O. The molecule has 1 N–H and O–H groups in total. The zero-order chi connectivity index (χ0) is 14.6. The van der Waals surface area contributed by atoms with Gasteiger partial charge >= 0.3 is 0 Å². The zero-order valence-corrected chi connectivity index (χ0v) is 13.4. The lowest BCUT2D eigenvalue weighted by molar-refractivity contribution is -0.131. The van der Waals surface area contributed by atoms with Gasteiger partial charge in [0.1, 0.15) is 0 Å². The van der Waals surface area contributed by atoms with E-state index in [-0.39, 0.29) is 12.2 Å². The maximum Gasteiger partial charge on any atom is 0.241 e. The molecule has 1 amide bonds. The minimum absolute atomic E-state index is 0.00288. The van der Waals surface area contributed by atoms with Gasteiger partial charge in [0, 0.05) is 6.54 Å². The van der Waals surface area contributed by atoms with Gasteiger partial charge in [-0.1, -0.05) is 27.7 Å². The third-order valence-electron chi connectivity index (χ3n) is 3.66. The summed E-state index contributed by atoms with van der Waals surface area (Å²) >= 11 is 0. The van der Waals surface area contributed by atoms with Crippen LogP contribution in [0.4, 0.5) is 0 Å². The summed E-state index contributed by atoms with van der Waals surface area (Å²) in [5.74, 6) is 1.26. The van der Waals surface area contributed by atoms with E-state index in [9.17, 15) is 4.79 Å². The van der Waals surface area contributed by atoms with Gasteiger partial charge in [-0.15, -0.1) is 0 Å². The highest BCUT2D eigenvalue weighted by atomic mass is 16.2. The molecule has 0 bridgehead atoms. The number of nitrogens with zero attached hydrogens (tertiary/aromatic N) is 2. The van der Waals surface area contributed by atoms with Gasteiger partial charge in [0.15, 0.2) is 0 Å². The number of carbonyl (C=O) groups excluding carboxylic acids is 1. The van der Waals surface area contributed by atoms with Crippen LogP contribution in [0.3, 0.4) is 0 Å². The largest absolute Gasteiger partial charge is 0.326 e. The molecule has 1 fully saturated rings. The number of carbonyl (C=O) groups is 1. The van der Waals surface area contributed by atoms with Gasteiger partial charge in [-0.25, -0.2) is 0 Å². The molecule has 4 nitrogen and oxygen atoms in total. The molecule has 4 heteroatoms. The van der Waals surface area contributed by atoms with Crippen molar-refractivity contribution in [1.29, 1.82) is 0 Å². The quantitative estimate of drug-likeness (QED) is 0.765. The molecule has 0 spiro atoms. The van der Waals surface area contributed by atoms with Crippen LogP contribution < -0.4 is 5.32 Å². The van der Waals surface area contributed by atoms with E-state index in [4.69, 9.17) is 0 Å². The predicted molar refractivity (Wildman–Crippen MR) is 79.9 cm³/mol. The van der Waals surface area contributed by atoms with Crippen molar-refractivity contribution in [3.8, 4) is 0 Å². The Morgan fingerprint density at radius 1 is 1.26 bits per heavy atom. The van der Waals surface area contributed by atoms with Gasteiger partial charge in [-0.2, -0.15) is 0 Å². The van der Waals surface area contributed by atoms with Crippen LogP contribution in [0.2, 0.25) is 0 Å². The molecule has 2 unspecified atom stereocenters. The molecule has 1 saturated heterocycles. The van der Waals surface area contributed by atoms with Gasteiger partial charge < -0.3 is 9.80 Å². The zero-order valence-electron chi connectivity index (χ0n) is 13.4. The van der Waals surface area contributed by atoms with Gasteiger partial charge in [0.05, 0.1) is 12.2 Å². The van der Waals surface area contributed by atoms with Crippen molar-refractivity contribution in [2.45, 2.75) is 52.7 Å². The summed E-state index contributed by atoms with van der Waals surface area (Å²) in [6, 6.07) is 0.00288. The maximum absolute atomic E-state index is 12.5. The average Bonchev–Trinajstić information content (AvgIpc) is 2.56. The lowest BCUT2D eigenvalue weighted by atomic mass is 10.0. The minimum Gasteiger partial charge on any atom is -0.326 e. The van der Waals surface area contributed by atoms with E-state index < -0.39 is 0 Å².